The molecule has 88 valence electrons. The van der Waals surface area contributed by atoms with Gasteiger partial charge in [0.2, 0.25) is 5.13 Å². The fraction of sp³-hybridized carbons (Fsp3) is 0.200. The normalized spacial score (nSPS) is 9.94. The first-order valence-corrected chi connectivity index (χ1v) is 5.88. The molecule has 0 unspecified atom stereocenters. The third kappa shape index (κ3) is 2.56. The largest absolute Gasteiger partial charge is 0.338 e. The molecule has 2 aromatic rings. The molecule has 2 rings (SSSR count). The molecule has 7 heteroatoms. The molecule has 0 saturated carbocycles. The van der Waals surface area contributed by atoms with E-state index in [1.165, 1.54) is 4.90 Å². The number of urea groups is 1. The summed E-state index contributed by atoms with van der Waals surface area (Å²) in [4.78, 5) is 13.4. The molecular weight excluding hydrogens is 238 g/mol. The highest BCUT2D eigenvalue weighted by molar-refractivity contribution is 7.09. The van der Waals surface area contributed by atoms with Gasteiger partial charge < -0.3 is 5.32 Å². The number of benzene rings is 1. The monoisotopic (exact) mass is 249 g/mol. The van der Waals surface area contributed by atoms with Gasteiger partial charge in [-0.2, -0.15) is 0 Å². The zero-order valence-electron chi connectivity index (χ0n) is 9.20. The van der Waals surface area contributed by atoms with Gasteiger partial charge >= 0.3 is 6.03 Å². The fourth-order valence-electron chi connectivity index (χ4n) is 1.34. The Morgan fingerprint density at radius 3 is 2.76 bits per heavy atom. The van der Waals surface area contributed by atoms with Crippen LogP contribution >= 0.6 is 11.5 Å². The average Bonchev–Trinajstić information content (AvgIpc) is 2.85. The molecule has 1 aromatic carbocycles. The molecule has 0 aliphatic carbocycles. The Hall–Kier alpha value is -2.02. The average molecular weight is 249 g/mol. The van der Waals surface area contributed by atoms with Crippen molar-refractivity contribution in [3.8, 4) is 0 Å². The molecule has 2 amide bonds. The number of carbonyl (C=O) groups is 1. The maximum atomic E-state index is 12.0. The van der Waals surface area contributed by atoms with Gasteiger partial charge in [0.05, 0.1) is 5.69 Å². The van der Waals surface area contributed by atoms with Gasteiger partial charge in [0.25, 0.3) is 0 Å². The first kappa shape index (κ1) is 11.5. The highest BCUT2D eigenvalue weighted by atomic mass is 32.1. The number of para-hydroxylation sites is 1. The summed E-state index contributed by atoms with van der Waals surface area (Å²) in [6.45, 7) is 2.41. The van der Waals surface area contributed by atoms with E-state index in [-0.39, 0.29) is 6.03 Å². The molecule has 1 aromatic heterocycles. The van der Waals surface area contributed by atoms with Crippen molar-refractivity contribution in [2.24, 2.45) is 0 Å². The summed E-state index contributed by atoms with van der Waals surface area (Å²) in [5, 5.41) is 10.5. The van der Waals surface area contributed by atoms with E-state index in [1.807, 2.05) is 37.3 Å². The molecule has 0 atom stereocenters. The first-order valence-electron chi connectivity index (χ1n) is 5.11. The van der Waals surface area contributed by atoms with Gasteiger partial charge in [-0.15, -0.1) is 0 Å². The third-order valence-electron chi connectivity index (χ3n) is 2.03. The van der Waals surface area contributed by atoms with Crippen molar-refractivity contribution >= 4 is 28.4 Å². The Balaban J connectivity index is 2.35. The van der Waals surface area contributed by atoms with Crippen LogP contribution in [0, 0.1) is 0 Å². The SMILES string of the molecule is CCNC(=O)N(c1ccccc1)c1nnns1. The van der Waals surface area contributed by atoms with Crippen molar-refractivity contribution < 1.29 is 4.79 Å². The molecule has 17 heavy (non-hydrogen) atoms. The Morgan fingerprint density at radius 2 is 2.18 bits per heavy atom. The van der Waals surface area contributed by atoms with Crippen molar-refractivity contribution in [1.82, 2.24) is 20.1 Å². The van der Waals surface area contributed by atoms with Gasteiger partial charge in [0, 0.05) is 18.1 Å². The van der Waals surface area contributed by atoms with Crippen LogP contribution in [0.3, 0.4) is 0 Å². The second kappa shape index (κ2) is 5.35. The molecule has 0 spiro atoms. The van der Waals surface area contributed by atoms with Gasteiger partial charge in [-0.1, -0.05) is 27.8 Å². The quantitative estimate of drug-likeness (QED) is 0.900. The summed E-state index contributed by atoms with van der Waals surface area (Å²) < 4.78 is 3.67. The van der Waals surface area contributed by atoms with Crippen molar-refractivity contribution in [2.45, 2.75) is 6.92 Å². The Labute approximate surface area is 102 Å². The summed E-state index contributed by atoms with van der Waals surface area (Å²) in [5.41, 5.74) is 0.733. The summed E-state index contributed by atoms with van der Waals surface area (Å²) in [5.74, 6) is 0. The maximum Gasteiger partial charge on any atom is 0.328 e. The van der Waals surface area contributed by atoms with Crippen LogP contribution in [0.5, 0.6) is 0 Å². The predicted octanol–water partition coefficient (Wildman–Crippen LogP) is 1.80. The molecule has 0 aliphatic heterocycles. The van der Waals surface area contributed by atoms with Crippen LogP contribution in [-0.4, -0.2) is 27.4 Å². The molecule has 0 aliphatic rings. The number of hydrogen-bond acceptors (Lipinski definition) is 5. The van der Waals surface area contributed by atoms with Crippen LogP contribution < -0.4 is 10.2 Å². The van der Waals surface area contributed by atoms with Gasteiger partial charge in [0.15, 0.2) is 0 Å². The van der Waals surface area contributed by atoms with Crippen LogP contribution in [0.2, 0.25) is 0 Å². The topological polar surface area (TPSA) is 71.0 Å². The lowest BCUT2D eigenvalue weighted by Gasteiger charge is -2.18. The van der Waals surface area contributed by atoms with E-state index in [1.54, 1.807) is 0 Å². The number of carbonyl (C=O) groups excluding carboxylic acids is 1. The van der Waals surface area contributed by atoms with Gasteiger partial charge in [0.1, 0.15) is 0 Å². The Kier molecular flexibility index (Phi) is 3.61. The molecular formula is C10H11N5OS. The van der Waals surface area contributed by atoms with E-state index in [0.29, 0.717) is 11.7 Å². The van der Waals surface area contributed by atoms with E-state index >= 15 is 0 Å². The van der Waals surface area contributed by atoms with Crippen LogP contribution in [0.25, 0.3) is 0 Å². The molecule has 0 bridgehead atoms. The van der Waals surface area contributed by atoms with E-state index in [9.17, 15) is 4.79 Å². The first-order chi connectivity index (χ1) is 8.33. The summed E-state index contributed by atoms with van der Waals surface area (Å²) in [6.07, 6.45) is 0. The molecule has 0 fully saturated rings. The fourth-order valence-corrected chi connectivity index (χ4v) is 1.83. The summed E-state index contributed by atoms with van der Waals surface area (Å²) >= 11 is 1.07. The number of nitrogens with one attached hydrogen (secondary N) is 1. The number of anilines is 2. The number of amides is 2. The number of aromatic nitrogens is 3. The zero-order valence-corrected chi connectivity index (χ0v) is 10.0. The predicted molar refractivity (Wildman–Crippen MR) is 65.4 cm³/mol. The van der Waals surface area contributed by atoms with Crippen LogP contribution in [0.15, 0.2) is 30.3 Å². The van der Waals surface area contributed by atoms with Crippen LogP contribution in [0.1, 0.15) is 6.92 Å². The molecule has 0 radical (unpaired) electrons. The van der Waals surface area contributed by atoms with Crippen molar-refractivity contribution in [3.05, 3.63) is 30.3 Å². The van der Waals surface area contributed by atoms with Crippen molar-refractivity contribution in [1.29, 1.82) is 0 Å². The smallest absolute Gasteiger partial charge is 0.328 e. The van der Waals surface area contributed by atoms with Gasteiger partial charge in [-0.05, 0) is 24.3 Å². The van der Waals surface area contributed by atoms with E-state index in [4.69, 9.17) is 0 Å². The molecule has 1 N–H and O–H groups in total. The number of rotatable bonds is 3. The lowest BCUT2D eigenvalue weighted by molar-refractivity contribution is 0.249. The van der Waals surface area contributed by atoms with Crippen molar-refractivity contribution in [3.63, 3.8) is 0 Å². The highest BCUT2D eigenvalue weighted by Crippen LogP contribution is 2.24. The minimum Gasteiger partial charge on any atom is -0.338 e. The maximum absolute atomic E-state index is 12.0. The molecule has 1 heterocycles. The Bertz CT molecular complexity index is 473. The van der Waals surface area contributed by atoms with Gasteiger partial charge in [-0.3, -0.25) is 0 Å². The van der Waals surface area contributed by atoms with E-state index in [0.717, 1.165) is 17.2 Å². The summed E-state index contributed by atoms with van der Waals surface area (Å²) in [6, 6.07) is 9.02. The number of nitrogens with zero attached hydrogens (tertiary/aromatic N) is 4. The zero-order chi connectivity index (χ0) is 12.1. The van der Waals surface area contributed by atoms with Crippen molar-refractivity contribution in [2.75, 3.05) is 11.4 Å². The summed E-state index contributed by atoms with van der Waals surface area (Å²) in [7, 11) is 0. The second-order valence-corrected chi connectivity index (χ2v) is 3.86. The lowest BCUT2D eigenvalue weighted by Crippen LogP contribution is -2.36. The highest BCUT2D eigenvalue weighted by Gasteiger charge is 2.20. The minimum atomic E-state index is -0.239. The van der Waals surface area contributed by atoms with Crippen LogP contribution in [-0.2, 0) is 0 Å². The minimum absolute atomic E-state index is 0.239. The molecule has 6 nitrogen and oxygen atoms in total. The van der Waals surface area contributed by atoms with E-state index in [2.05, 4.69) is 20.1 Å². The second-order valence-electron chi connectivity index (χ2n) is 3.15. The molecule has 0 saturated heterocycles. The van der Waals surface area contributed by atoms with E-state index < -0.39 is 0 Å². The Morgan fingerprint density at radius 1 is 1.41 bits per heavy atom. The van der Waals surface area contributed by atoms with Gasteiger partial charge in [-0.25, -0.2) is 9.69 Å². The number of hydrogen-bond donors (Lipinski definition) is 1. The third-order valence-corrected chi connectivity index (χ3v) is 2.61. The lowest BCUT2D eigenvalue weighted by atomic mass is 10.3. The standard InChI is InChI=1S/C10H11N5OS/c1-2-11-9(16)15(10-12-13-14-17-10)8-6-4-3-5-7-8/h3-7H,2H2,1H3,(H,11,16). The van der Waals surface area contributed by atoms with Crippen LogP contribution in [0.4, 0.5) is 15.6 Å².